The molecule has 1 aliphatic heterocycles. The van der Waals surface area contributed by atoms with E-state index in [-0.39, 0.29) is 17.1 Å². The van der Waals surface area contributed by atoms with Gasteiger partial charge in [-0.15, -0.1) is 11.3 Å². The van der Waals surface area contributed by atoms with E-state index in [4.69, 9.17) is 4.98 Å². The van der Waals surface area contributed by atoms with E-state index in [9.17, 15) is 5.11 Å². The molecule has 1 atom stereocenters. The van der Waals surface area contributed by atoms with Gasteiger partial charge in [-0.3, -0.25) is 4.90 Å². The molecule has 21 heavy (non-hydrogen) atoms. The van der Waals surface area contributed by atoms with Crippen molar-refractivity contribution in [2.45, 2.75) is 77.4 Å². The molecular formula is C17H30N2OS. The Morgan fingerprint density at radius 3 is 2.33 bits per heavy atom. The number of rotatable bonds is 4. The van der Waals surface area contributed by atoms with Gasteiger partial charge in [0.15, 0.2) is 0 Å². The van der Waals surface area contributed by atoms with E-state index < -0.39 is 0 Å². The van der Waals surface area contributed by atoms with Gasteiger partial charge >= 0.3 is 0 Å². The van der Waals surface area contributed by atoms with Crippen molar-refractivity contribution >= 4 is 11.3 Å². The van der Waals surface area contributed by atoms with Crippen molar-refractivity contribution < 1.29 is 5.11 Å². The molecule has 2 heterocycles. The third-order valence-electron chi connectivity index (χ3n) is 4.67. The summed E-state index contributed by atoms with van der Waals surface area (Å²) in [5, 5.41) is 13.9. The van der Waals surface area contributed by atoms with Gasteiger partial charge in [-0.25, -0.2) is 4.98 Å². The van der Waals surface area contributed by atoms with Crippen LogP contribution in [0.15, 0.2) is 5.38 Å². The lowest BCUT2D eigenvalue weighted by molar-refractivity contribution is -0.0187. The van der Waals surface area contributed by atoms with Gasteiger partial charge in [0.2, 0.25) is 0 Å². The van der Waals surface area contributed by atoms with E-state index in [0.717, 1.165) is 23.8 Å². The van der Waals surface area contributed by atoms with Crippen molar-refractivity contribution in [3.8, 4) is 0 Å². The van der Waals surface area contributed by atoms with Gasteiger partial charge < -0.3 is 5.11 Å². The van der Waals surface area contributed by atoms with E-state index in [1.165, 1.54) is 19.3 Å². The predicted octanol–water partition coefficient (Wildman–Crippen LogP) is 3.61. The van der Waals surface area contributed by atoms with Crippen LogP contribution in [-0.4, -0.2) is 39.7 Å². The van der Waals surface area contributed by atoms with E-state index in [1.54, 1.807) is 11.3 Å². The fraction of sp³-hybridized carbons (Fsp3) is 0.824. The van der Waals surface area contributed by atoms with Crippen LogP contribution < -0.4 is 0 Å². The number of hydrogen-bond acceptors (Lipinski definition) is 4. The molecule has 0 radical (unpaired) electrons. The average molecular weight is 311 g/mol. The lowest BCUT2D eigenvalue weighted by Gasteiger charge is -2.43. The Morgan fingerprint density at radius 2 is 1.81 bits per heavy atom. The zero-order chi connectivity index (χ0) is 15.7. The van der Waals surface area contributed by atoms with Crippen LogP contribution in [0.2, 0.25) is 0 Å². The van der Waals surface area contributed by atoms with Crippen LogP contribution in [0.3, 0.4) is 0 Å². The van der Waals surface area contributed by atoms with Crippen LogP contribution in [0.25, 0.3) is 0 Å². The summed E-state index contributed by atoms with van der Waals surface area (Å²) in [6.07, 6.45) is 4.12. The van der Waals surface area contributed by atoms with Gasteiger partial charge in [-0.05, 0) is 39.8 Å². The predicted molar refractivity (Wildman–Crippen MR) is 90.0 cm³/mol. The standard InChI is InChI=1S/C17H30N2OS/c1-16(2,3)13-12-21-15(18-13)11-14(20)17(4,5)19-9-7-6-8-10-19/h12,14,20H,6-11H2,1-5H3. The average Bonchev–Trinajstić information content (AvgIpc) is 2.88. The normalized spacial score (nSPS) is 19.7. The zero-order valence-electron chi connectivity index (χ0n) is 14.1. The maximum Gasteiger partial charge on any atom is 0.0955 e. The minimum atomic E-state index is -0.366. The Balaban J connectivity index is 2.02. The smallest absolute Gasteiger partial charge is 0.0955 e. The van der Waals surface area contributed by atoms with Crippen LogP contribution in [-0.2, 0) is 11.8 Å². The Morgan fingerprint density at radius 1 is 1.19 bits per heavy atom. The maximum absolute atomic E-state index is 10.7. The highest BCUT2D eigenvalue weighted by molar-refractivity contribution is 7.09. The van der Waals surface area contributed by atoms with Crippen molar-refractivity contribution in [2.75, 3.05) is 13.1 Å². The van der Waals surface area contributed by atoms with E-state index in [1.807, 2.05) is 0 Å². The third kappa shape index (κ3) is 4.05. The van der Waals surface area contributed by atoms with Gasteiger partial charge in [0.25, 0.3) is 0 Å². The molecule has 1 N–H and O–H groups in total. The largest absolute Gasteiger partial charge is 0.391 e. The zero-order valence-corrected chi connectivity index (χ0v) is 15.0. The van der Waals surface area contributed by atoms with Crippen LogP contribution in [0, 0.1) is 0 Å². The van der Waals surface area contributed by atoms with Gasteiger partial charge in [-0.2, -0.15) is 0 Å². The van der Waals surface area contributed by atoms with Crippen molar-refractivity contribution in [2.24, 2.45) is 0 Å². The number of aliphatic hydroxyl groups is 1. The van der Waals surface area contributed by atoms with Crippen molar-refractivity contribution in [1.82, 2.24) is 9.88 Å². The Kier molecular flexibility index (Phi) is 5.11. The van der Waals surface area contributed by atoms with E-state index >= 15 is 0 Å². The van der Waals surface area contributed by atoms with Crippen LogP contribution in [0.5, 0.6) is 0 Å². The van der Waals surface area contributed by atoms with Crippen LogP contribution in [0.1, 0.15) is 64.6 Å². The summed E-state index contributed by atoms with van der Waals surface area (Å²) < 4.78 is 0. The molecule has 0 spiro atoms. The quantitative estimate of drug-likeness (QED) is 0.923. The summed E-state index contributed by atoms with van der Waals surface area (Å²) in [7, 11) is 0. The highest BCUT2D eigenvalue weighted by Crippen LogP contribution is 2.28. The number of aromatic nitrogens is 1. The molecule has 1 aromatic heterocycles. The summed E-state index contributed by atoms with van der Waals surface area (Å²) >= 11 is 1.68. The summed E-state index contributed by atoms with van der Waals surface area (Å²) in [4.78, 5) is 7.16. The summed E-state index contributed by atoms with van der Waals surface area (Å²) in [6.45, 7) is 13.1. The molecule has 1 saturated heterocycles. The molecule has 1 fully saturated rings. The maximum atomic E-state index is 10.7. The highest BCUT2D eigenvalue weighted by Gasteiger charge is 2.35. The minimum Gasteiger partial charge on any atom is -0.391 e. The van der Waals surface area contributed by atoms with Gasteiger partial charge in [0.05, 0.1) is 16.8 Å². The van der Waals surface area contributed by atoms with Crippen molar-refractivity contribution in [1.29, 1.82) is 0 Å². The molecule has 0 saturated carbocycles. The second-order valence-corrected chi connectivity index (χ2v) is 8.74. The Hall–Kier alpha value is -0.450. The van der Waals surface area contributed by atoms with Crippen molar-refractivity contribution in [3.05, 3.63) is 16.1 Å². The summed E-state index contributed by atoms with van der Waals surface area (Å²) in [5.41, 5.74) is 1.04. The molecule has 1 unspecified atom stereocenters. The molecule has 0 amide bonds. The monoisotopic (exact) mass is 310 g/mol. The molecule has 120 valence electrons. The Bertz CT molecular complexity index is 456. The number of thiazole rings is 1. The van der Waals surface area contributed by atoms with Gasteiger partial charge in [0.1, 0.15) is 0 Å². The summed E-state index contributed by atoms with van der Waals surface area (Å²) in [5.74, 6) is 0. The fourth-order valence-electron chi connectivity index (χ4n) is 2.85. The second-order valence-electron chi connectivity index (χ2n) is 7.80. The Labute approximate surface area is 133 Å². The van der Waals surface area contributed by atoms with E-state index in [0.29, 0.717) is 6.42 Å². The van der Waals surface area contributed by atoms with Gasteiger partial charge in [-0.1, -0.05) is 27.2 Å². The van der Waals surface area contributed by atoms with Gasteiger partial charge in [0, 0.05) is 22.8 Å². The first kappa shape index (κ1) is 16.9. The number of piperidine rings is 1. The first-order chi connectivity index (χ1) is 9.71. The molecular weight excluding hydrogens is 280 g/mol. The topological polar surface area (TPSA) is 36.4 Å². The molecule has 1 aliphatic rings. The second kappa shape index (κ2) is 6.35. The molecule has 0 bridgehead atoms. The molecule has 0 aromatic carbocycles. The molecule has 0 aliphatic carbocycles. The first-order valence-electron chi connectivity index (χ1n) is 8.09. The lowest BCUT2D eigenvalue weighted by Crippen LogP contribution is -2.54. The number of hydrogen-bond donors (Lipinski definition) is 1. The van der Waals surface area contributed by atoms with Crippen LogP contribution in [0.4, 0.5) is 0 Å². The summed E-state index contributed by atoms with van der Waals surface area (Å²) in [6, 6.07) is 0. The number of likely N-dealkylation sites (tertiary alicyclic amines) is 1. The molecule has 3 nitrogen and oxygen atoms in total. The minimum absolute atomic E-state index is 0.0854. The molecule has 4 heteroatoms. The SMILES string of the molecule is CC(C)(C)c1csc(CC(O)C(C)(C)N2CCCCC2)n1. The number of nitrogens with zero attached hydrogens (tertiary/aromatic N) is 2. The van der Waals surface area contributed by atoms with Crippen molar-refractivity contribution in [3.63, 3.8) is 0 Å². The lowest BCUT2D eigenvalue weighted by atomic mass is 9.90. The van der Waals surface area contributed by atoms with Crippen LogP contribution >= 0.6 is 11.3 Å². The number of aliphatic hydroxyl groups excluding tert-OH is 1. The fourth-order valence-corrected chi connectivity index (χ4v) is 3.90. The van der Waals surface area contributed by atoms with E-state index in [2.05, 4.69) is 44.9 Å². The third-order valence-corrected chi connectivity index (χ3v) is 5.55. The first-order valence-corrected chi connectivity index (χ1v) is 8.97. The highest BCUT2D eigenvalue weighted by atomic mass is 32.1. The molecule has 1 aromatic rings. The molecule has 2 rings (SSSR count).